The second-order valence-corrected chi connectivity index (χ2v) is 6.74. The molecule has 2 aromatic carbocycles. The van der Waals surface area contributed by atoms with Crippen LogP contribution in [0.3, 0.4) is 0 Å². The van der Waals surface area contributed by atoms with Gasteiger partial charge in [0.1, 0.15) is 18.8 Å². The fourth-order valence-corrected chi connectivity index (χ4v) is 3.27. The Morgan fingerprint density at radius 1 is 1.24 bits per heavy atom. The van der Waals surface area contributed by atoms with Gasteiger partial charge in [-0.15, -0.1) is 0 Å². The highest BCUT2D eigenvalue weighted by Gasteiger charge is 2.22. The second kappa shape index (κ2) is 8.85. The molecule has 1 atom stereocenters. The summed E-state index contributed by atoms with van der Waals surface area (Å²) in [4.78, 5) is 23.0. The molecule has 1 saturated heterocycles. The van der Waals surface area contributed by atoms with Crippen molar-refractivity contribution in [2.24, 2.45) is 0 Å². The first kappa shape index (κ1) is 19.1. The van der Waals surface area contributed by atoms with E-state index in [2.05, 4.69) is 20.2 Å². The molecule has 0 saturated carbocycles. The van der Waals surface area contributed by atoms with Crippen molar-refractivity contribution in [1.29, 1.82) is 0 Å². The second-order valence-electron chi connectivity index (χ2n) is 6.74. The average Bonchev–Trinajstić information content (AvgIpc) is 2.78. The van der Waals surface area contributed by atoms with Crippen molar-refractivity contribution in [3.8, 4) is 0 Å². The van der Waals surface area contributed by atoms with Crippen LogP contribution in [0.4, 0.5) is 16.3 Å². The van der Waals surface area contributed by atoms with Gasteiger partial charge in [0.2, 0.25) is 0 Å². The lowest BCUT2D eigenvalue weighted by Gasteiger charge is -2.33. The maximum Gasteiger partial charge on any atom is 0.411 e. The van der Waals surface area contributed by atoms with Gasteiger partial charge in [0, 0.05) is 24.2 Å². The number of aliphatic hydroxyl groups is 1. The lowest BCUT2D eigenvalue weighted by Crippen LogP contribution is -2.44. The third kappa shape index (κ3) is 4.61. The smallest absolute Gasteiger partial charge is 0.411 e. The first-order chi connectivity index (χ1) is 14.2. The van der Waals surface area contributed by atoms with Gasteiger partial charge in [-0.25, -0.2) is 14.8 Å². The van der Waals surface area contributed by atoms with Crippen LogP contribution >= 0.6 is 0 Å². The fourth-order valence-electron chi connectivity index (χ4n) is 3.27. The van der Waals surface area contributed by atoms with Gasteiger partial charge in [0.05, 0.1) is 24.8 Å². The molecule has 1 unspecified atom stereocenters. The van der Waals surface area contributed by atoms with Gasteiger partial charge in [-0.2, -0.15) is 0 Å². The molecule has 3 aromatic rings. The van der Waals surface area contributed by atoms with Gasteiger partial charge in [0.15, 0.2) is 0 Å². The molecule has 0 spiro atoms. The summed E-state index contributed by atoms with van der Waals surface area (Å²) in [6.07, 6.45) is 0.740. The van der Waals surface area contributed by atoms with Crippen molar-refractivity contribution in [3.05, 3.63) is 60.4 Å². The van der Waals surface area contributed by atoms with E-state index in [9.17, 15) is 9.90 Å². The minimum atomic E-state index is -0.529. The number of fused-ring (bicyclic) bond motifs is 1. The zero-order valence-corrected chi connectivity index (χ0v) is 15.8. The molecular formula is C21H22N4O4. The number of rotatable bonds is 5. The van der Waals surface area contributed by atoms with E-state index < -0.39 is 6.09 Å². The summed E-state index contributed by atoms with van der Waals surface area (Å²) in [6.45, 7) is 1.88. The summed E-state index contributed by atoms with van der Waals surface area (Å²) in [5.74, 6) is 0.748. The average molecular weight is 394 g/mol. The molecular weight excluding hydrogens is 372 g/mol. The SMILES string of the molecule is O=C(Nc1ccc2ncnc(N3CCOC(CO)C3)c2c1)OCc1ccccc1. The number of benzene rings is 2. The van der Waals surface area contributed by atoms with Crippen LogP contribution in [0.15, 0.2) is 54.9 Å². The van der Waals surface area contributed by atoms with E-state index in [1.807, 2.05) is 42.5 Å². The lowest BCUT2D eigenvalue weighted by molar-refractivity contribution is 0.00343. The number of anilines is 2. The van der Waals surface area contributed by atoms with Crippen LogP contribution in [-0.2, 0) is 16.1 Å². The lowest BCUT2D eigenvalue weighted by atomic mass is 10.2. The summed E-state index contributed by atoms with van der Waals surface area (Å²) in [7, 11) is 0. The third-order valence-corrected chi connectivity index (χ3v) is 4.72. The maximum atomic E-state index is 12.2. The Morgan fingerprint density at radius 2 is 2.10 bits per heavy atom. The third-order valence-electron chi connectivity index (χ3n) is 4.72. The number of aliphatic hydroxyl groups excluding tert-OH is 1. The quantitative estimate of drug-likeness (QED) is 0.686. The molecule has 0 bridgehead atoms. The Balaban J connectivity index is 1.50. The van der Waals surface area contributed by atoms with Crippen molar-refractivity contribution >= 4 is 28.5 Å². The first-order valence-corrected chi connectivity index (χ1v) is 9.43. The van der Waals surface area contributed by atoms with Crippen LogP contribution < -0.4 is 10.2 Å². The Kier molecular flexibility index (Phi) is 5.83. The van der Waals surface area contributed by atoms with Crippen LogP contribution in [0.1, 0.15) is 5.56 Å². The first-order valence-electron chi connectivity index (χ1n) is 9.43. The number of ether oxygens (including phenoxy) is 2. The molecule has 150 valence electrons. The molecule has 1 aliphatic rings. The van der Waals surface area contributed by atoms with Crippen molar-refractivity contribution in [2.45, 2.75) is 12.7 Å². The number of nitrogens with one attached hydrogen (secondary N) is 1. The molecule has 1 fully saturated rings. The van der Waals surface area contributed by atoms with E-state index in [0.29, 0.717) is 25.4 Å². The van der Waals surface area contributed by atoms with Crippen LogP contribution in [0.2, 0.25) is 0 Å². The number of hydrogen-bond acceptors (Lipinski definition) is 7. The summed E-state index contributed by atoms with van der Waals surface area (Å²) >= 11 is 0. The highest BCUT2D eigenvalue weighted by atomic mass is 16.5. The molecule has 8 nitrogen and oxygen atoms in total. The number of carbonyl (C=O) groups is 1. The van der Waals surface area contributed by atoms with Crippen LogP contribution in [-0.4, -0.2) is 53.6 Å². The molecule has 0 radical (unpaired) electrons. The highest BCUT2D eigenvalue weighted by Crippen LogP contribution is 2.27. The monoisotopic (exact) mass is 394 g/mol. The van der Waals surface area contributed by atoms with Crippen LogP contribution in [0, 0.1) is 0 Å². The van der Waals surface area contributed by atoms with E-state index in [0.717, 1.165) is 22.3 Å². The van der Waals surface area contributed by atoms with Gasteiger partial charge in [-0.1, -0.05) is 30.3 Å². The summed E-state index contributed by atoms with van der Waals surface area (Å²) < 4.78 is 10.8. The van der Waals surface area contributed by atoms with Crippen LogP contribution in [0.5, 0.6) is 0 Å². The molecule has 29 heavy (non-hydrogen) atoms. The molecule has 4 rings (SSSR count). The zero-order valence-electron chi connectivity index (χ0n) is 15.8. The molecule has 1 aliphatic heterocycles. The van der Waals surface area contributed by atoms with Crippen molar-refractivity contribution in [2.75, 3.05) is 36.5 Å². The van der Waals surface area contributed by atoms with E-state index in [1.165, 1.54) is 6.33 Å². The Labute approximate surface area is 168 Å². The van der Waals surface area contributed by atoms with Crippen molar-refractivity contribution in [1.82, 2.24) is 9.97 Å². The minimum absolute atomic E-state index is 0.0421. The standard InChI is InChI=1S/C21H22N4O4/c26-12-17-11-25(8-9-28-17)20-18-10-16(6-7-19(18)22-14-23-20)24-21(27)29-13-15-4-2-1-3-5-15/h1-7,10,14,17,26H,8-9,11-13H2,(H,24,27). The van der Waals surface area contributed by atoms with Crippen molar-refractivity contribution < 1.29 is 19.4 Å². The molecule has 1 aromatic heterocycles. The fraction of sp³-hybridized carbons (Fsp3) is 0.286. The van der Waals surface area contributed by atoms with Crippen LogP contribution in [0.25, 0.3) is 10.9 Å². The van der Waals surface area contributed by atoms with E-state index in [-0.39, 0.29) is 19.3 Å². The Hall–Kier alpha value is -3.23. The number of carbonyl (C=O) groups excluding carboxylic acids is 1. The number of nitrogens with zero attached hydrogens (tertiary/aromatic N) is 3. The van der Waals surface area contributed by atoms with E-state index in [4.69, 9.17) is 9.47 Å². The molecule has 2 heterocycles. The van der Waals surface area contributed by atoms with Gasteiger partial charge in [-0.05, 0) is 23.8 Å². The Bertz CT molecular complexity index is 983. The predicted octanol–water partition coefficient (Wildman–Crippen LogP) is 2.58. The Morgan fingerprint density at radius 3 is 2.93 bits per heavy atom. The number of morpholine rings is 1. The largest absolute Gasteiger partial charge is 0.444 e. The molecule has 2 N–H and O–H groups in total. The summed E-state index contributed by atoms with van der Waals surface area (Å²) in [5.41, 5.74) is 2.28. The molecule has 0 aliphatic carbocycles. The highest BCUT2D eigenvalue weighted by molar-refractivity contribution is 5.95. The number of hydrogen-bond donors (Lipinski definition) is 2. The molecule has 8 heteroatoms. The maximum absolute atomic E-state index is 12.2. The van der Waals surface area contributed by atoms with Crippen molar-refractivity contribution in [3.63, 3.8) is 0 Å². The number of aromatic nitrogens is 2. The minimum Gasteiger partial charge on any atom is -0.444 e. The zero-order chi connectivity index (χ0) is 20.1. The van der Waals surface area contributed by atoms with Gasteiger partial charge in [-0.3, -0.25) is 5.32 Å². The summed E-state index contributed by atoms with van der Waals surface area (Å²) in [5, 5.41) is 13.0. The predicted molar refractivity (Wildman–Crippen MR) is 109 cm³/mol. The molecule has 1 amide bonds. The van der Waals surface area contributed by atoms with Gasteiger partial charge < -0.3 is 19.5 Å². The van der Waals surface area contributed by atoms with Gasteiger partial charge in [0.25, 0.3) is 0 Å². The topological polar surface area (TPSA) is 96.8 Å². The summed E-state index contributed by atoms with van der Waals surface area (Å²) in [6, 6.07) is 14.9. The van der Waals surface area contributed by atoms with E-state index >= 15 is 0 Å². The van der Waals surface area contributed by atoms with Gasteiger partial charge >= 0.3 is 6.09 Å². The number of amides is 1. The van der Waals surface area contributed by atoms with E-state index in [1.54, 1.807) is 6.07 Å². The normalized spacial score (nSPS) is 16.6.